The molecule has 0 unspecified atom stereocenters. The number of aliphatic hydroxyl groups excluding tert-OH is 1. The highest BCUT2D eigenvalue weighted by Gasteiger charge is 2.10. The van der Waals surface area contributed by atoms with Crippen LogP contribution in [0.4, 0.5) is 4.39 Å². The lowest BCUT2D eigenvalue weighted by atomic mass is 10.2. The van der Waals surface area contributed by atoms with E-state index in [1.165, 1.54) is 17.8 Å². The van der Waals surface area contributed by atoms with Gasteiger partial charge in [0.2, 0.25) is 0 Å². The van der Waals surface area contributed by atoms with Crippen LogP contribution in [0.3, 0.4) is 0 Å². The predicted molar refractivity (Wildman–Crippen MR) is 73.3 cm³/mol. The normalized spacial score (nSPS) is 10.6. The summed E-state index contributed by atoms with van der Waals surface area (Å²) in [7, 11) is 0. The first-order valence-electron chi connectivity index (χ1n) is 5.46. The summed E-state index contributed by atoms with van der Waals surface area (Å²) in [6, 6.07) is 12.8. The number of rotatable bonds is 4. The van der Waals surface area contributed by atoms with Gasteiger partial charge in [0.1, 0.15) is 5.82 Å². The molecular formula is C14H12ClFOS. The van der Waals surface area contributed by atoms with Crippen LogP contribution in [0.15, 0.2) is 47.4 Å². The maximum atomic E-state index is 13.9. The fourth-order valence-electron chi connectivity index (χ4n) is 1.57. The van der Waals surface area contributed by atoms with Gasteiger partial charge in [-0.05, 0) is 17.7 Å². The first-order valence-corrected chi connectivity index (χ1v) is 6.82. The van der Waals surface area contributed by atoms with Crippen molar-refractivity contribution in [3.63, 3.8) is 0 Å². The third-order valence-electron chi connectivity index (χ3n) is 2.49. The molecule has 0 aliphatic rings. The summed E-state index contributed by atoms with van der Waals surface area (Å²) in [6.45, 7) is -0.342. The summed E-state index contributed by atoms with van der Waals surface area (Å²) in [5.41, 5.74) is 1.35. The first kappa shape index (κ1) is 13.4. The molecule has 0 aromatic heterocycles. The second-order valence-corrected chi connectivity index (χ2v) is 5.26. The van der Waals surface area contributed by atoms with Crippen LogP contribution in [-0.4, -0.2) is 5.11 Å². The molecular weight excluding hydrogens is 271 g/mol. The molecule has 4 heteroatoms. The van der Waals surface area contributed by atoms with E-state index in [1.54, 1.807) is 6.07 Å². The Labute approximate surface area is 115 Å². The average Bonchev–Trinajstić information content (AvgIpc) is 2.40. The zero-order valence-electron chi connectivity index (χ0n) is 9.57. The van der Waals surface area contributed by atoms with Crippen molar-refractivity contribution in [2.45, 2.75) is 17.3 Å². The third kappa shape index (κ3) is 3.25. The molecule has 0 saturated carbocycles. The highest BCUT2D eigenvalue weighted by molar-refractivity contribution is 7.98. The van der Waals surface area contributed by atoms with E-state index in [9.17, 15) is 4.39 Å². The summed E-state index contributed by atoms with van der Waals surface area (Å²) in [5, 5.41) is 9.49. The monoisotopic (exact) mass is 282 g/mol. The maximum Gasteiger partial charge on any atom is 0.142 e. The van der Waals surface area contributed by atoms with E-state index in [0.29, 0.717) is 15.7 Å². The zero-order chi connectivity index (χ0) is 13.0. The topological polar surface area (TPSA) is 20.2 Å². The van der Waals surface area contributed by atoms with Crippen molar-refractivity contribution in [3.05, 3.63) is 64.4 Å². The Balaban J connectivity index is 2.17. The summed E-state index contributed by atoms with van der Waals surface area (Å²) in [4.78, 5) is 0.468. The Morgan fingerprint density at radius 1 is 1.17 bits per heavy atom. The Morgan fingerprint density at radius 3 is 2.56 bits per heavy atom. The predicted octanol–water partition coefficient (Wildman–Crippen LogP) is 4.26. The van der Waals surface area contributed by atoms with Crippen LogP contribution >= 0.6 is 23.4 Å². The molecule has 0 saturated heterocycles. The van der Waals surface area contributed by atoms with E-state index in [-0.39, 0.29) is 18.0 Å². The molecule has 0 aliphatic heterocycles. The average molecular weight is 283 g/mol. The van der Waals surface area contributed by atoms with Crippen molar-refractivity contribution in [1.29, 1.82) is 0 Å². The van der Waals surface area contributed by atoms with Crippen LogP contribution in [0.2, 0.25) is 5.02 Å². The van der Waals surface area contributed by atoms with Gasteiger partial charge in [0, 0.05) is 21.2 Å². The Kier molecular flexibility index (Phi) is 4.64. The van der Waals surface area contributed by atoms with Gasteiger partial charge in [-0.15, -0.1) is 11.8 Å². The molecule has 0 fully saturated rings. The maximum absolute atomic E-state index is 13.9. The molecule has 0 atom stereocenters. The van der Waals surface area contributed by atoms with E-state index in [2.05, 4.69) is 0 Å². The molecule has 0 heterocycles. The van der Waals surface area contributed by atoms with E-state index >= 15 is 0 Å². The zero-order valence-corrected chi connectivity index (χ0v) is 11.1. The molecule has 0 spiro atoms. The van der Waals surface area contributed by atoms with Gasteiger partial charge in [0.15, 0.2) is 0 Å². The summed E-state index contributed by atoms with van der Waals surface area (Å²) in [6.07, 6.45) is 0. The van der Waals surface area contributed by atoms with Crippen LogP contribution in [0.25, 0.3) is 0 Å². The Morgan fingerprint density at radius 2 is 1.89 bits per heavy atom. The standard InChI is InChI=1S/C14H12ClFOS/c15-12-6-11(8-17)14(16)13(7-12)18-9-10-4-2-1-3-5-10/h1-7,17H,8-9H2. The minimum absolute atomic E-state index is 0.234. The van der Waals surface area contributed by atoms with Gasteiger partial charge < -0.3 is 5.11 Å². The largest absolute Gasteiger partial charge is 0.392 e. The quantitative estimate of drug-likeness (QED) is 0.846. The van der Waals surface area contributed by atoms with Crippen molar-refractivity contribution in [2.24, 2.45) is 0 Å². The highest BCUT2D eigenvalue weighted by atomic mass is 35.5. The van der Waals surface area contributed by atoms with Gasteiger partial charge in [0.05, 0.1) is 6.61 Å². The van der Waals surface area contributed by atoms with Gasteiger partial charge in [-0.25, -0.2) is 4.39 Å². The lowest BCUT2D eigenvalue weighted by Crippen LogP contribution is -1.93. The van der Waals surface area contributed by atoms with Crippen molar-refractivity contribution in [3.8, 4) is 0 Å². The van der Waals surface area contributed by atoms with Gasteiger partial charge in [-0.1, -0.05) is 41.9 Å². The molecule has 18 heavy (non-hydrogen) atoms. The molecule has 1 N–H and O–H groups in total. The van der Waals surface area contributed by atoms with Crippen LogP contribution in [0.5, 0.6) is 0 Å². The fraction of sp³-hybridized carbons (Fsp3) is 0.143. The van der Waals surface area contributed by atoms with Crippen molar-refractivity contribution >= 4 is 23.4 Å². The number of hydrogen-bond donors (Lipinski definition) is 1. The second-order valence-electron chi connectivity index (χ2n) is 3.81. The second kappa shape index (κ2) is 6.23. The molecule has 94 valence electrons. The minimum Gasteiger partial charge on any atom is -0.392 e. The molecule has 0 radical (unpaired) electrons. The number of hydrogen-bond acceptors (Lipinski definition) is 2. The van der Waals surface area contributed by atoms with Crippen molar-refractivity contribution in [2.75, 3.05) is 0 Å². The highest BCUT2D eigenvalue weighted by Crippen LogP contribution is 2.30. The Bertz CT molecular complexity index is 531. The first-order chi connectivity index (χ1) is 8.70. The van der Waals surface area contributed by atoms with Crippen LogP contribution < -0.4 is 0 Å². The molecule has 0 bridgehead atoms. The number of halogens is 2. The van der Waals surface area contributed by atoms with Gasteiger partial charge in [-0.2, -0.15) is 0 Å². The molecule has 2 aromatic carbocycles. The molecule has 1 nitrogen and oxygen atoms in total. The van der Waals surface area contributed by atoms with Crippen molar-refractivity contribution < 1.29 is 9.50 Å². The molecule has 2 aromatic rings. The van der Waals surface area contributed by atoms with E-state index in [0.717, 1.165) is 5.56 Å². The lowest BCUT2D eigenvalue weighted by molar-refractivity contribution is 0.274. The summed E-state index contributed by atoms with van der Waals surface area (Å²) >= 11 is 7.26. The number of thioether (sulfide) groups is 1. The summed E-state index contributed by atoms with van der Waals surface area (Å²) in [5.74, 6) is 0.283. The minimum atomic E-state index is -0.386. The number of benzene rings is 2. The third-order valence-corrected chi connectivity index (χ3v) is 3.79. The Hall–Kier alpha value is -1.03. The SMILES string of the molecule is OCc1cc(Cl)cc(SCc2ccccc2)c1F. The van der Waals surface area contributed by atoms with Gasteiger partial charge >= 0.3 is 0 Å². The molecule has 0 aliphatic carbocycles. The molecule has 2 rings (SSSR count). The van der Waals surface area contributed by atoms with Crippen LogP contribution in [-0.2, 0) is 12.4 Å². The van der Waals surface area contributed by atoms with Crippen LogP contribution in [0.1, 0.15) is 11.1 Å². The van der Waals surface area contributed by atoms with E-state index < -0.39 is 0 Å². The number of aliphatic hydroxyl groups is 1. The summed E-state index contributed by atoms with van der Waals surface area (Å²) < 4.78 is 13.9. The smallest absolute Gasteiger partial charge is 0.142 e. The van der Waals surface area contributed by atoms with Crippen LogP contribution in [0, 0.1) is 5.82 Å². The van der Waals surface area contributed by atoms with Gasteiger partial charge in [0.25, 0.3) is 0 Å². The lowest BCUT2D eigenvalue weighted by Gasteiger charge is -2.07. The van der Waals surface area contributed by atoms with Gasteiger partial charge in [-0.3, -0.25) is 0 Å². The van der Waals surface area contributed by atoms with E-state index in [1.807, 2.05) is 30.3 Å². The van der Waals surface area contributed by atoms with E-state index in [4.69, 9.17) is 16.7 Å². The molecule has 0 amide bonds. The van der Waals surface area contributed by atoms with Crippen molar-refractivity contribution in [1.82, 2.24) is 0 Å². The fourth-order valence-corrected chi connectivity index (χ4v) is 2.86.